The van der Waals surface area contributed by atoms with Crippen LogP contribution in [0.25, 0.3) is 0 Å². The van der Waals surface area contributed by atoms with Crippen molar-refractivity contribution in [1.82, 2.24) is 0 Å². The predicted molar refractivity (Wildman–Crippen MR) is 80.8 cm³/mol. The van der Waals surface area contributed by atoms with Crippen molar-refractivity contribution in [2.24, 2.45) is 0 Å². The number of benzene rings is 2. The maximum absolute atomic E-state index is 13.7. The topological polar surface area (TPSA) is 72.2 Å². The Bertz CT molecular complexity index is 748. The Kier molecular flexibility index (Phi) is 4.22. The zero-order valence-corrected chi connectivity index (χ0v) is 13.1. The molecule has 106 valence electrons. The summed E-state index contributed by atoms with van der Waals surface area (Å²) < 4.78 is 40.6. The van der Waals surface area contributed by atoms with Gasteiger partial charge in [-0.2, -0.15) is 0 Å². The first-order valence-corrected chi connectivity index (χ1v) is 7.98. The van der Waals surface area contributed by atoms with E-state index in [0.29, 0.717) is 0 Å². The molecule has 8 heteroatoms. The summed E-state index contributed by atoms with van der Waals surface area (Å²) in [4.78, 5) is -0.214. The standard InChI is InChI=1S/C12H9BrClFN2O2S/c13-8-2-1-3-10(15)12(8)17-20(18,19)11-6-7(16)4-5-9(11)14/h1-6,17H,16H2. The van der Waals surface area contributed by atoms with E-state index in [2.05, 4.69) is 20.7 Å². The van der Waals surface area contributed by atoms with Crippen molar-refractivity contribution in [1.29, 1.82) is 0 Å². The molecule has 0 aliphatic carbocycles. The number of nitrogens with one attached hydrogen (secondary N) is 1. The van der Waals surface area contributed by atoms with Crippen molar-refractivity contribution >= 4 is 48.9 Å². The monoisotopic (exact) mass is 378 g/mol. The van der Waals surface area contributed by atoms with Gasteiger partial charge in [0.2, 0.25) is 0 Å². The van der Waals surface area contributed by atoms with Crippen molar-refractivity contribution in [2.75, 3.05) is 10.5 Å². The molecule has 0 saturated carbocycles. The molecule has 0 aromatic heterocycles. The van der Waals surface area contributed by atoms with Gasteiger partial charge in [-0.1, -0.05) is 17.7 Å². The van der Waals surface area contributed by atoms with Crippen LogP contribution in [0, 0.1) is 5.82 Å². The largest absolute Gasteiger partial charge is 0.399 e. The predicted octanol–water partition coefficient (Wildman–Crippen LogP) is 3.62. The Hall–Kier alpha value is -1.31. The van der Waals surface area contributed by atoms with E-state index in [4.69, 9.17) is 17.3 Å². The lowest BCUT2D eigenvalue weighted by atomic mass is 10.3. The maximum Gasteiger partial charge on any atom is 0.263 e. The fraction of sp³-hybridized carbons (Fsp3) is 0. The molecule has 4 nitrogen and oxygen atoms in total. The molecule has 2 rings (SSSR count). The first kappa shape index (κ1) is 15.1. The normalized spacial score (nSPS) is 11.3. The quantitative estimate of drug-likeness (QED) is 0.800. The van der Waals surface area contributed by atoms with Crippen molar-refractivity contribution in [3.8, 4) is 0 Å². The van der Waals surface area contributed by atoms with Crippen LogP contribution in [-0.4, -0.2) is 8.42 Å². The van der Waals surface area contributed by atoms with Crippen LogP contribution < -0.4 is 10.5 Å². The highest BCUT2D eigenvalue weighted by Crippen LogP contribution is 2.30. The Balaban J connectivity index is 2.49. The van der Waals surface area contributed by atoms with E-state index in [1.807, 2.05) is 0 Å². The summed E-state index contributed by atoms with van der Waals surface area (Å²) in [5.41, 5.74) is 5.59. The van der Waals surface area contributed by atoms with Gasteiger partial charge in [0.1, 0.15) is 10.7 Å². The summed E-state index contributed by atoms with van der Waals surface area (Å²) in [5.74, 6) is -0.706. The molecule has 0 spiro atoms. The Morgan fingerprint density at radius 2 is 1.95 bits per heavy atom. The number of hydrogen-bond donors (Lipinski definition) is 2. The highest BCUT2D eigenvalue weighted by Gasteiger charge is 2.21. The molecule has 0 atom stereocenters. The summed E-state index contributed by atoms with van der Waals surface area (Å²) >= 11 is 8.93. The van der Waals surface area contributed by atoms with Crippen LogP contribution >= 0.6 is 27.5 Å². The molecule has 0 aliphatic heterocycles. The zero-order valence-electron chi connectivity index (χ0n) is 9.90. The second-order valence-electron chi connectivity index (χ2n) is 3.89. The van der Waals surface area contributed by atoms with Crippen molar-refractivity contribution < 1.29 is 12.8 Å². The van der Waals surface area contributed by atoms with Gasteiger partial charge in [-0.3, -0.25) is 4.72 Å². The minimum absolute atomic E-state index is 0.000776. The van der Waals surface area contributed by atoms with Gasteiger partial charge in [0, 0.05) is 10.2 Å². The van der Waals surface area contributed by atoms with E-state index in [9.17, 15) is 12.8 Å². The highest BCUT2D eigenvalue weighted by molar-refractivity contribution is 9.10. The van der Waals surface area contributed by atoms with Gasteiger partial charge in [0.05, 0.1) is 10.7 Å². The van der Waals surface area contributed by atoms with Crippen LogP contribution in [0.4, 0.5) is 15.8 Å². The number of sulfonamides is 1. The minimum atomic E-state index is -4.04. The summed E-state index contributed by atoms with van der Waals surface area (Å²) in [6.07, 6.45) is 0. The molecule has 0 unspecified atom stereocenters. The lowest BCUT2D eigenvalue weighted by Crippen LogP contribution is -2.15. The number of halogens is 3. The highest BCUT2D eigenvalue weighted by atomic mass is 79.9. The van der Waals surface area contributed by atoms with Gasteiger partial charge in [-0.15, -0.1) is 0 Å². The van der Waals surface area contributed by atoms with E-state index in [0.717, 1.165) is 6.07 Å². The third kappa shape index (κ3) is 3.05. The molecular formula is C12H9BrClFN2O2S. The third-order valence-electron chi connectivity index (χ3n) is 2.44. The number of para-hydroxylation sites is 1. The van der Waals surface area contributed by atoms with Gasteiger partial charge in [-0.25, -0.2) is 12.8 Å². The average molecular weight is 380 g/mol. The summed E-state index contributed by atoms with van der Waals surface area (Å²) in [5, 5.41) is -0.000776. The first-order valence-electron chi connectivity index (χ1n) is 5.33. The van der Waals surface area contributed by atoms with E-state index < -0.39 is 15.8 Å². The summed E-state index contributed by atoms with van der Waals surface area (Å²) in [7, 11) is -4.04. The van der Waals surface area contributed by atoms with E-state index in [1.54, 1.807) is 0 Å². The molecule has 0 radical (unpaired) electrons. The van der Waals surface area contributed by atoms with E-state index in [-0.39, 0.29) is 25.8 Å². The second-order valence-corrected chi connectivity index (χ2v) is 6.80. The number of anilines is 2. The van der Waals surface area contributed by atoms with Gasteiger partial charge in [0.15, 0.2) is 0 Å². The van der Waals surface area contributed by atoms with Crippen molar-refractivity contribution in [3.05, 3.63) is 51.7 Å². The molecular weight excluding hydrogens is 371 g/mol. The molecule has 0 heterocycles. The molecule has 0 fully saturated rings. The summed E-state index contributed by atoms with van der Waals surface area (Å²) in [6.45, 7) is 0. The number of nitrogen functional groups attached to an aromatic ring is 1. The minimum Gasteiger partial charge on any atom is -0.399 e. The average Bonchev–Trinajstić information content (AvgIpc) is 2.37. The van der Waals surface area contributed by atoms with Crippen molar-refractivity contribution in [3.63, 3.8) is 0 Å². The van der Waals surface area contributed by atoms with Crippen LogP contribution in [0.5, 0.6) is 0 Å². The van der Waals surface area contributed by atoms with E-state index in [1.165, 1.54) is 30.3 Å². The lowest BCUT2D eigenvalue weighted by molar-refractivity contribution is 0.598. The van der Waals surface area contributed by atoms with Crippen molar-refractivity contribution in [2.45, 2.75) is 4.90 Å². The Morgan fingerprint density at radius 1 is 1.25 bits per heavy atom. The fourth-order valence-electron chi connectivity index (χ4n) is 1.51. The van der Waals surface area contributed by atoms with Crippen LogP contribution in [-0.2, 0) is 10.0 Å². The van der Waals surface area contributed by atoms with Gasteiger partial charge >= 0.3 is 0 Å². The second kappa shape index (κ2) is 5.59. The molecule has 2 aromatic carbocycles. The Labute approximate surface area is 128 Å². The van der Waals surface area contributed by atoms with Crippen LogP contribution in [0.3, 0.4) is 0 Å². The number of rotatable bonds is 3. The van der Waals surface area contributed by atoms with Gasteiger partial charge in [-0.05, 0) is 46.3 Å². The molecule has 0 aliphatic rings. The molecule has 3 N–H and O–H groups in total. The molecule has 0 amide bonds. The number of hydrogen-bond acceptors (Lipinski definition) is 3. The number of nitrogens with two attached hydrogens (primary N) is 1. The fourth-order valence-corrected chi connectivity index (χ4v) is 3.71. The van der Waals surface area contributed by atoms with Gasteiger partial charge < -0.3 is 5.73 Å². The smallest absolute Gasteiger partial charge is 0.263 e. The maximum atomic E-state index is 13.7. The first-order chi connectivity index (χ1) is 9.31. The zero-order chi connectivity index (χ0) is 14.9. The van der Waals surface area contributed by atoms with Crippen LogP contribution in [0.1, 0.15) is 0 Å². The summed E-state index contributed by atoms with van der Waals surface area (Å²) in [6, 6.07) is 8.15. The Morgan fingerprint density at radius 3 is 2.60 bits per heavy atom. The lowest BCUT2D eigenvalue weighted by Gasteiger charge is -2.12. The molecule has 20 heavy (non-hydrogen) atoms. The van der Waals surface area contributed by atoms with Crippen LogP contribution in [0.2, 0.25) is 5.02 Å². The molecule has 2 aromatic rings. The molecule has 0 bridgehead atoms. The van der Waals surface area contributed by atoms with Crippen LogP contribution in [0.15, 0.2) is 45.8 Å². The third-order valence-corrected chi connectivity index (χ3v) is 4.94. The SMILES string of the molecule is Nc1ccc(Cl)c(S(=O)(=O)Nc2c(F)cccc2Br)c1. The van der Waals surface area contributed by atoms with E-state index >= 15 is 0 Å². The molecule has 0 saturated heterocycles. The van der Waals surface area contributed by atoms with Gasteiger partial charge in [0.25, 0.3) is 10.0 Å².